The zero-order chi connectivity index (χ0) is 17.3. The highest BCUT2D eigenvalue weighted by Crippen LogP contribution is 2.28. The van der Waals surface area contributed by atoms with Crippen molar-refractivity contribution in [1.29, 1.82) is 0 Å². The van der Waals surface area contributed by atoms with E-state index in [4.69, 9.17) is 9.26 Å². The molecule has 0 atom stereocenters. The zero-order valence-corrected chi connectivity index (χ0v) is 14.0. The summed E-state index contributed by atoms with van der Waals surface area (Å²) in [5.41, 5.74) is 3.52. The molecular weight excluding hydrogens is 308 g/mol. The van der Waals surface area contributed by atoms with E-state index in [1.807, 2.05) is 32.0 Å². The fourth-order valence-corrected chi connectivity index (χ4v) is 2.35. The molecule has 124 valence electrons. The molecule has 0 aliphatic rings. The van der Waals surface area contributed by atoms with Gasteiger partial charge in [0.15, 0.2) is 0 Å². The molecule has 0 saturated heterocycles. The number of fused-ring (bicyclic) bond motifs is 1. The Hall–Kier alpha value is -2.96. The van der Waals surface area contributed by atoms with Crippen molar-refractivity contribution >= 4 is 28.6 Å². The van der Waals surface area contributed by atoms with Crippen molar-refractivity contribution in [2.75, 3.05) is 11.9 Å². The molecule has 0 amide bonds. The van der Waals surface area contributed by atoms with Gasteiger partial charge in [0.1, 0.15) is 17.0 Å². The summed E-state index contributed by atoms with van der Waals surface area (Å²) in [5.74, 6) is 0.414. The van der Waals surface area contributed by atoms with Gasteiger partial charge in [0.05, 0.1) is 6.61 Å². The second-order valence-corrected chi connectivity index (χ2v) is 5.48. The van der Waals surface area contributed by atoms with Gasteiger partial charge in [-0.2, -0.15) is 4.98 Å². The molecule has 0 aliphatic heterocycles. The van der Waals surface area contributed by atoms with Crippen LogP contribution in [0, 0.1) is 20.8 Å². The number of carbonyl (C=O) groups is 1. The van der Waals surface area contributed by atoms with Gasteiger partial charge in [0, 0.05) is 5.69 Å². The van der Waals surface area contributed by atoms with Crippen LogP contribution in [0.2, 0.25) is 0 Å². The lowest BCUT2D eigenvalue weighted by atomic mass is 10.1. The number of benzene rings is 1. The number of aryl methyl sites for hydroxylation is 3. The number of nitrogens with zero attached hydrogens (tertiary/aromatic N) is 3. The summed E-state index contributed by atoms with van der Waals surface area (Å²) in [6.45, 7) is 7.81. The highest BCUT2D eigenvalue weighted by Gasteiger charge is 2.23. The molecule has 1 N–H and O–H groups in total. The van der Waals surface area contributed by atoms with Crippen LogP contribution in [0.25, 0.3) is 11.1 Å². The second-order valence-electron chi connectivity index (χ2n) is 5.48. The lowest BCUT2D eigenvalue weighted by molar-refractivity contribution is 0.0517. The molecule has 0 unspecified atom stereocenters. The number of hydrogen-bond acceptors (Lipinski definition) is 7. The highest BCUT2D eigenvalue weighted by molar-refractivity contribution is 6.05. The van der Waals surface area contributed by atoms with Gasteiger partial charge in [-0.15, -0.1) is 0 Å². The van der Waals surface area contributed by atoms with Gasteiger partial charge < -0.3 is 14.6 Å². The van der Waals surface area contributed by atoms with Gasteiger partial charge in [0.25, 0.3) is 5.71 Å². The van der Waals surface area contributed by atoms with E-state index in [1.165, 1.54) is 5.56 Å². The molecule has 0 radical (unpaired) electrons. The van der Waals surface area contributed by atoms with Crippen LogP contribution in [0.15, 0.2) is 22.7 Å². The minimum Gasteiger partial charge on any atom is -0.461 e. The van der Waals surface area contributed by atoms with Gasteiger partial charge in [0.2, 0.25) is 5.69 Å². The molecule has 3 rings (SSSR count). The summed E-state index contributed by atoms with van der Waals surface area (Å²) in [7, 11) is 0. The normalized spacial score (nSPS) is 10.8. The number of nitrogens with one attached hydrogen (secondary N) is 1. The van der Waals surface area contributed by atoms with E-state index >= 15 is 0 Å². The predicted molar refractivity (Wildman–Crippen MR) is 89.5 cm³/mol. The quantitative estimate of drug-likeness (QED) is 0.734. The van der Waals surface area contributed by atoms with Crippen molar-refractivity contribution in [3.63, 3.8) is 0 Å². The Balaban J connectivity index is 2.09. The predicted octanol–water partition coefficient (Wildman–Crippen LogP) is 3.46. The van der Waals surface area contributed by atoms with Crippen LogP contribution in [0.1, 0.15) is 34.4 Å². The molecule has 24 heavy (non-hydrogen) atoms. The number of carbonyl (C=O) groups excluding carboxylic acids is 1. The Kier molecular flexibility index (Phi) is 4.16. The first kappa shape index (κ1) is 15.9. The molecule has 1 aromatic carbocycles. The third-order valence-corrected chi connectivity index (χ3v) is 3.69. The number of rotatable bonds is 4. The van der Waals surface area contributed by atoms with E-state index in [1.54, 1.807) is 13.8 Å². The molecule has 0 saturated carbocycles. The smallest absolute Gasteiger partial charge is 0.361 e. The monoisotopic (exact) mass is 326 g/mol. The standard InChI is InChI=1S/C17H18N4O3/c1-5-23-17(22)14-13-15(18-11(4)19-16(13)24-21-14)20-12-7-6-9(2)10(3)8-12/h6-8H,5H2,1-4H3,(H,18,19,20). The first-order valence-corrected chi connectivity index (χ1v) is 7.65. The molecule has 7 nitrogen and oxygen atoms in total. The summed E-state index contributed by atoms with van der Waals surface area (Å²) in [5, 5.41) is 7.43. The summed E-state index contributed by atoms with van der Waals surface area (Å²) in [6, 6.07) is 5.97. The maximum atomic E-state index is 12.1. The summed E-state index contributed by atoms with van der Waals surface area (Å²) >= 11 is 0. The van der Waals surface area contributed by atoms with Crippen LogP contribution >= 0.6 is 0 Å². The van der Waals surface area contributed by atoms with E-state index in [-0.39, 0.29) is 18.0 Å². The Morgan fingerprint density at radius 2 is 2.00 bits per heavy atom. The minimum absolute atomic E-state index is 0.0678. The van der Waals surface area contributed by atoms with Crippen LogP contribution < -0.4 is 5.32 Å². The van der Waals surface area contributed by atoms with Crippen LogP contribution in [0.5, 0.6) is 0 Å². The number of hydrogen-bond donors (Lipinski definition) is 1. The van der Waals surface area contributed by atoms with Crippen LogP contribution in [-0.4, -0.2) is 27.7 Å². The van der Waals surface area contributed by atoms with Gasteiger partial charge in [-0.3, -0.25) is 0 Å². The lowest BCUT2D eigenvalue weighted by Gasteiger charge is -2.09. The Labute approximate surface area is 139 Å². The van der Waals surface area contributed by atoms with Gasteiger partial charge in [-0.1, -0.05) is 11.2 Å². The topological polar surface area (TPSA) is 90.1 Å². The fraction of sp³-hybridized carbons (Fsp3) is 0.294. The van der Waals surface area contributed by atoms with E-state index in [0.717, 1.165) is 11.3 Å². The van der Waals surface area contributed by atoms with Gasteiger partial charge >= 0.3 is 5.97 Å². The van der Waals surface area contributed by atoms with Crippen molar-refractivity contribution in [1.82, 2.24) is 15.1 Å². The maximum Gasteiger partial charge on any atom is 0.361 e. The molecule has 2 heterocycles. The average molecular weight is 326 g/mol. The highest BCUT2D eigenvalue weighted by atomic mass is 16.5. The van der Waals surface area contributed by atoms with Gasteiger partial charge in [-0.25, -0.2) is 9.78 Å². The summed E-state index contributed by atoms with van der Waals surface area (Å²) in [4.78, 5) is 20.7. The van der Waals surface area contributed by atoms with Crippen LogP contribution in [0.4, 0.5) is 11.5 Å². The van der Waals surface area contributed by atoms with E-state index in [9.17, 15) is 4.79 Å². The van der Waals surface area contributed by atoms with Crippen molar-refractivity contribution in [3.05, 3.63) is 40.8 Å². The van der Waals surface area contributed by atoms with E-state index in [0.29, 0.717) is 17.0 Å². The van der Waals surface area contributed by atoms with Crippen molar-refractivity contribution in [2.45, 2.75) is 27.7 Å². The fourth-order valence-electron chi connectivity index (χ4n) is 2.35. The Bertz CT molecular complexity index is 918. The molecular formula is C17H18N4O3. The van der Waals surface area contributed by atoms with E-state index < -0.39 is 5.97 Å². The largest absolute Gasteiger partial charge is 0.461 e. The molecule has 0 aliphatic carbocycles. The van der Waals surface area contributed by atoms with Crippen molar-refractivity contribution in [3.8, 4) is 0 Å². The second kappa shape index (κ2) is 6.27. The molecule has 0 spiro atoms. The SMILES string of the molecule is CCOC(=O)c1noc2nc(C)nc(Nc3ccc(C)c(C)c3)c12. The number of aromatic nitrogens is 3. The number of anilines is 2. The first-order chi connectivity index (χ1) is 11.5. The van der Waals surface area contributed by atoms with Crippen molar-refractivity contribution < 1.29 is 14.1 Å². The number of ether oxygens (including phenoxy) is 1. The first-order valence-electron chi connectivity index (χ1n) is 7.65. The molecule has 2 aromatic heterocycles. The van der Waals surface area contributed by atoms with Crippen LogP contribution in [-0.2, 0) is 4.74 Å². The Morgan fingerprint density at radius 1 is 1.21 bits per heavy atom. The molecule has 0 fully saturated rings. The zero-order valence-electron chi connectivity index (χ0n) is 14.0. The minimum atomic E-state index is -0.563. The summed E-state index contributed by atoms with van der Waals surface area (Å²) in [6.07, 6.45) is 0. The number of esters is 1. The van der Waals surface area contributed by atoms with Crippen molar-refractivity contribution in [2.24, 2.45) is 0 Å². The van der Waals surface area contributed by atoms with E-state index in [2.05, 4.69) is 20.4 Å². The summed E-state index contributed by atoms with van der Waals surface area (Å²) < 4.78 is 10.2. The maximum absolute atomic E-state index is 12.1. The average Bonchev–Trinajstić information content (AvgIpc) is 2.95. The third kappa shape index (κ3) is 2.92. The molecule has 3 aromatic rings. The van der Waals surface area contributed by atoms with Gasteiger partial charge in [-0.05, 0) is 51.0 Å². The molecule has 7 heteroatoms. The Morgan fingerprint density at radius 3 is 2.71 bits per heavy atom. The molecule has 0 bridgehead atoms. The van der Waals surface area contributed by atoms with Crippen LogP contribution in [0.3, 0.4) is 0 Å². The third-order valence-electron chi connectivity index (χ3n) is 3.69. The lowest BCUT2D eigenvalue weighted by Crippen LogP contribution is -2.07.